The van der Waals surface area contributed by atoms with Crippen molar-refractivity contribution in [3.63, 3.8) is 0 Å². The third kappa shape index (κ3) is 3.56. The van der Waals surface area contributed by atoms with Gasteiger partial charge in [-0.25, -0.2) is 5.01 Å². The lowest BCUT2D eigenvalue weighted by Gasteiger charge is -2.16. The standard InChI is InChI=1S/C19H22N4O/c1-14-13-23(22-18(14)16-9-5-6-10-17(16)24)19(20)21-12-11-15-7-3-2-4-8-15/h2-10,14,24H,11-13H2,1H3,(H2,20,21). The van der Waals surface area contributed by atoms with Crippen molar-refractivity contribution < 1.29 is 5.11 Å². The molecular weight excluding hydrogens is 300 g/mol. The van der Waals surface area contributed by atoms with Crippen LogP contribution in [0.5, 0.6) is 5.75 Å². The van der Waals surface area contributed by atoms with Crippen LogP contribution in [-0.4, -0.2) is 34.9 Å². The van der Waals surface area contributed by atoms with Crippen molar-refractivity contribution in [2.24, 2.45) is 11.0 Å². The van der Waals surface area contributed by atoms with Crippen LogP contribution in [0, 0.1) is 11.3 Å². The number of hydrogen-bond donors (Lipinski definition) is 3. The zero-order valence-electron chi connectivity index (χ0n) is 13.7. The Balaban J connectivity index is 1.61. The Hall–Kier alpha value is -2.82. The van der Waals surface area contributed by atoms with Crippen molar-refractivity contribution in [3.05, 3.63) is 65.7 Å². The number of guanidine groups is 1. The predicted molar refractivity (Wildman–Crippen MR) is 96.4 cm³/mol. The van der Waals surface area contributed by atoms with Crippen molar-refractivity contribution in [1.29, 1.82) is 5.41 Å². The molecule has 1 atom stereocenters. The minimum atomic E-state index is 0.162. The number of hydrogen-bond acceptors (Lipinski definition) is 3. The van der Waals surface area contributed by atoms with Crippen LogP contribution in [-0.2, 0) is 6.42 Å². The topological polar surface area (TPSA) is 71.7 Å². The number of phenolic OH excluding ortho intramolecular Hbond substituents is 1. The normalized spacial score (nSPS) is 16.8. The molecule has 0 saturated heterocycles. The van der Waals surface area contributed by atoms with Crippen LogP contribution in [0.4, 0.5) is 0 Å². The molecular formula is C19H22N4O. The van der Waals surface area contributed by atoms with E-state index in [0.29, 0.717) is 19.0 Å². The van der Waals surface area contributed by atoms with E-state index >= 15 is 0 Å². The Morgan fingerprint density at radius 3 is 2.67 bits per heavy atom. The summed E-state index contributed by atoms with van der Waals surface area (Å²) in [6.45, 7) is 3.39. The van der Waals surface area contributed by atoms with Gasteiger partial charge in [0.05, 0.1) is 12.3 Å². The minimum absolute atomic E-state index is 0.162. The van der Waals surface area contributed by atoms with E-state index in [4.69, 9.17) is 5.41 Å². The van der Waals surface area contributed by atoms with Crippen molar-refractivity contribution >= 4 is 11.7 Å². The predicted octanol–water partition coefficient (Wildman–Crippen LogP) is 2.82. The highest BCUT2D eigenvalue weighted by Gasteiger charge is 2.27. The van der Waals surface area contributed by atoms with Gasteiger partial charge in [-0.15, -0.1) is 0 Å². The van der Waals surface area contributed by atoms with Crippen molar-refractivity contribution in [2.45, 2.75) is 13.3 Å². The molecule has 0 aromatic heterocycles. The van der Waals surface area contributed by atoms with Gasteiger partial charge >= 0.3 is 0 Å². The monoisotopic (exact) mass is 322 g/mol. The molecule has 124 valence electrons. The summed E-state index contributed by atoms with van der Waals surface area (Å²) in [6.07, 6.45) is 0.864. The lowest BCUT2D eigenvalue weighted by molar-refractivity contribution is 0.435. The second kappa shape index (κ2) is 7.17. The fourth-order valence-corrected chi connectivity index (χ4v) is 2.83. The summed E-state index contributed by atoms with van der Waals surface area (Å²) in [5.41, 5.74) is 2.80. The van der Waals surface area contributed by atoms with E-state index in [1.807, 2.05) is 30.3 Å². The number of rotatable bonds is 4. The Labute approximate surface area is 142 Å². The molecule has 2 aromatic carbocycles. The van der Waals surface area contributed by atoms with Gasteiger partial charge in [0, 0.05) is 18.0 Å². The van der Waals surface area contributed by atoms with E-state index in [9.17, 15) is 5.11 Å². The first-order valence-electron chi connectivity index (χ1n) is 8.16. The molecule has 5 nitrogen and oxygen atoms in total. The number of nitrogens with zero attached hydrogens (tertiary/aromatic N) is 2. The van der Waals surface area contributed by atoms with E-state index in [1.54, 1.807) is 17.1 Å². The van der Waals surface area contributed by atoms with Crippen LogP contribution in [0.15, 0.2) is 59.7 Å². The maximum atomic E-state index is 10.0. The molecule has 1 aliphatic heterocycles. The van der Waals surface area contributed by atoms with Crippen molar-refractivity contribution in [1.82, 2.24) is 10.3 Å². The number of hydrazone groups is 1. The van der Waals surface area contributed by atoms with Crippen LogP contribution < -0.4 is 5.32 Å². The summed E-state index contributed by atoms with van der Waals surface area (Å²) < 4.78 is 0. The zero-order valence-corrected chi connectivity index (χ0v) is 13.7. The zero-order chi connectivity index (χ0) is 16.9. The summed E-state index contributed by atoms with van der Waals surface area (Å²) in [5.74, 6) is 0.686. The van der Waals surface area contributed by atoms with Crippen molar-refractivity contribution in [3.8, 4) is 5.75 Å². The Bertz CT molecular complexity index is 742. The maximum Gasteiger partial charge on any atom is 0.211 e. The highest BCUT2D eigenvalue weighted by molar-refractivity contribution is 6.06. The van der Waals surface area contributed by atoms with Gasteiger partial charge in [0.1, 0.15) is 5.75 Å². The summed E-state index contributed by atoms with van der Waals surface area (Å²) in [5, 5.41) is 27.5. The third-order valence-corrected chi connectivity index (χ3v) is 4.13. The van der Waals surface area contributed by atoms with Crippen LogP contribution in [0.25, 0.3) is 0 Å². The minimum Gasteiger partial charge on any atom is -0.507 e. The van der Waals surface area contributed by atoms with Gasteiger partial charge < -0.3 is 10.4 Å². The average molecular weight is 322 g/mol. The van der Waals surface area contributed by atoms with Crippen LogP contribution in [0.1, 0.15) is 18.1 Å². The molecule has 0 amide bonds. The van der Waals surface area contributed by atoms with Crippen LogP contribution in [0.2, 0.25) is 0 Å². The maximum absolute atomic E-state index is 10.0. The molecule has 0 aliphatic carbocycles. The van der Waals surface area contributed by atoms with Crippen LogP contribution in [0.3, 0.4) is 0 Å². The molecule has 24 heavy (non-hydrogen) atoms. The van der Waals surface area contributed by atoms with Gasteiger partial charge in [-0.05, 0) is 24.1 Å². The van der Waals surface area contributed by atoms with E-state index in [0.717, 1.165) is 17.7 Å². The van der Waals surface area contributed by atoms with Crippen molar-refractivity contribution in [2.75, 3.05) is 13.1 Å². The first kappa shape index (κ1) is 16.1. The molecule has 0 spiro atoms. The molecule has 0 bridgehead atoms. The quantitative estimate of drug-likeness (QED) is 0.599. The Morgan fingerprint density at radius 2 is 1.92 bits per heavy atom. The second-order valence-corrected chi connectivity index (χ2v) is 6.00. The SMILES string of the molecule is CC1CN(C(=N)NCCc2ccccc2)N=C1c1ccccc1O. The van der Waals surface area contributed by atoms with Gasteiger partial charge in [0.25, 0.3) is 0 Å². The molecule has 1 heterocycles. The molecule has 5 heteroatoms. The molecule has 2 aromatic rings. The molecule has 1 unspecified atom stereocenters. The lowest BCUT2D eigenvalue weighted by Crippen LogP contribution is -2.37. The molecule has 0 radical (unpaired) electrons. The number of phenols is 1. The van der Waals surface area contributed by atoms with E-state index in [2.05, 4.69) is 29.5 Å². The number of aromatic hydroxyl groups is 1. The first-order chi connectivity index (χ1) is 11.6. The lowest BCUT2D eigenvalue weighted by atomic mass is 9.99. The molecule has 3 N–H and O–H groups in total. The average Bonchev–Trinajstić information content (AvgIpc) is 2.98. The highest BCUT2D eigenvalue weighted by atomic mass is 16.3. The largest absolute Gasteiger partial charge is 0.507 e. The third-order valence-electron chi connectivity index (χ3n) is 4.13. The second-order valence-electron chi connectivity index (χ2n) is 6.00. The van der Waals surface area contributed by atoms with E-state index in [-0.39, 0.29) is 11.7 Å². The van der Waals surface area contributed by atoms with Gasteiger partial charge in [0.2, 0.25) is 5.96 Å². The molecule has 1 aliphatic rings. The van der Waals surface area contributed by atoms with Gasteiger partial charge in [-0.2, -0.15) is 5.10 Å². The first-order valence-corrected chi connectivity index (χ1v) is 8.16. The Kier molecular flexibility index (Phi) is 4.79. The summed E-state index contributed by atoms with van der Waals surface area (Å²) in [4.78, 5) is 0. The van der Waals surface area contributed by atoms with Crippen LogP contribution >= 0.6 is 0 Å². The van der Waals surface area contributed by atoms with Gasteiger partial charge in [-0.3, -0.25) is 5.41 Å². The fraction of sp³-hybridized carbons (Fsp3) is 0.263. The van der Waals surface area contributed by atoms with E-state index in [1.165, 1.54) is 5.56 Å². The molecule has 3 rings (SSSR count). The fourth-order valence-electron chi connectivity index (χ4n) is 2.83. The summed E-state index contributed by atoms with van der Waals surface area (Å²) in [6, 6.07) is 17.4. The molecule has 0 saturated carbocycles. The van der Waals surface area contributed by atoms with Gasteiger partial charge in [-0.1, -0.05) is 49.4 Å². The Morgan fingerprint density at radius 1 is 1.21 bits per heavy atom. The smallest absolute Gasteiger partial charge is 0.211 e. The number of para-hydroxylation sites is 1. The highest BCUT2D eigenvalue weighted by Crippen LogP contribution is 2.25. The number of nitrogens with one attached hydrogen (secondary N) is 2. The summed E-state index contributed by atoms with van der Waals surface area (Å²) in [7, 11) is 0. The molecule has 0 fully saturated rings. The van der Waals surface area contributed by atoms with E-state index < -0.39 is 0 Å². The summed E-state index contributed by atoms with van der Waals surface area (Å²) >= 11 is 0. The van der Waals surface area contributed by atoms with Gasteiger partial charge in [0.15, 0.2) is 0 Å². The number of benzene rings is 2.